The van der Waals surface area contributed by atoms with Gasteiger partial charge in [-0.1, -0.05) is 59.2 Å². The number of carbonyl (C=O) groups is 2. The summed E-state index contributed by atoms with van der Waals surface area (Å²) in [4.78, 5) is 26.7. The number of amides is 2. The second-order valence-electron chi connectivity index (χ2n) is 10.5. The van der Waals surface area contributed by atoms with Gasteiger partial charge in [0.15, 0.2) is 6.61 Å². The van der Waals surface area contributed by atoms with Crippen molar-refractivity contribution in [3.63, 3.8) is 0 Å². The summed E-state index contributed by atoms with van der Waals surface area (Å²) in [6.07, 6.45) is 2.14. The fourth-order valence-electron chi connectivity index (χ4n) is 3.61. The zero-order valence-corrected chi connectivity index (χ0v) is 19.2. The first-order chi connectivity index (χ1) is 13.3. The van der Waals surface area contributed by atoms with Gasteiger partial charge in [-0.25, -0.2) is 0 Å². The monoisotopic (exact) mass is 402 g/mol. The summed E-state index contributed by atoms with van der Waals surface area (Å²) in [5.41, 5.74) is 2.24. The molecule has 0 bridgehead atoms. The van der Waals surface area contributed by atoms with Crippen LogP contribution in [0.4, 0.5) is 0 Å². The summed E-state index contributed by atoms with van der Waals surface area (Å²) in [5, 5.41) is 3.06. The van der Waals surface area contributed by atoms with Crippen molar-refractivity contribution in [1.82, 2.24) is 10.2 Å². The number of nitrogens with zero attached hydrogens (tertiary/aromatic N) is 1. The van der Waals surface area contributed by atoms with E-state index in [9.17, 15) is 9.59 Å². The molecule has 1 aromatic carbocycles. The molecule has 0 spiro atoms. The Morgan fingerprint density at radius 1 is 1.10 bits per heavy atom. The van der Waals surface area contributed by atoms with E-state index < -0.39 is 0 Å². The first-order valence-corrected chi connectivity index (χ1v) is 10.7. The minimum atomic E-state index is -0.107. The Morgan fingerprint density at radius 3 is 2.28 bits per heavy atom. The molecule has 1 aromatic rings. The van der Waals surface area contributed by atoms with Crippen molar-refractivity contribution in [2.75, 3.05) is 19.7 Å². The van der Waals surface area contributed by atoms with E-state index in [1.165, 1.54) is 5.56 Å². The number of aryl methyl sites for hydroxylation is 1. The van der Waals surface area contributed by atoms with Gasteiger partial charge in [0.1, 0.15) is 5.75 Å². The van der Waals surface area contributed by atoms with Crippen molar-refractivity contribution in [1.29, 1.82) is 0 Å². The molecular weight excluding hydrogens is 364 g/mol. The van der Waals surface area contributed by atoms with Crippen LogP contribution in [0.15, 0.2) is 18.2 Å². The van der Waals surface area contributed by atoms with Crippen molar-refractivity contribution in [3.05, 3.63) is 29.3 Å². The van der Waals surface area contributed by atoms with Crippen LogP contribution in [0.3, 0.4) is 0 Å². The summed E-state index contributed by atoms with van der Waals surface area (Å²) in [6, 6.07) is 6.18. The van der Waals surface area contributed by atoms with Crippen LogP contribution >= 0.6 is 0 Å². The number of piperidine rings is 1. The van der Waals surface area contributed by atoms with E-state index in [0.29, 0.717) is 19.5 Å². The minimum Gasteiger partial charge on any atom is -0.483 e. The van der Waals surface area contributed by atoms with Gasteiger partial charge in [0.25, 0.3) is 5.91 Å². The largest absolute Gasteiger partial charge is 0.483 e. The highest BCUT2D eigenvalue weighted by Gasteiger charge is 2.27. The summed E-state index contributed by atoms with van der Waals surface area (Å²) < 4.78 is 5.86. The van der Waals surface area contributed by atoms with Crippen LogP contribution in [-0.2, 0) is 15.0 Å². The van der Waals surface area contributed by atoms with E-state index in [2.05, 4.69) is 59.8 Å². The molecule has 1 N–H and O–H groups in total. The van der Waals surface area contributed by atoms with Crippen molar-refractivity contribution < 1.29 is 14.3 Å². The normalized spacial score (nSPS) is 15.9. The van der Waals surface area contributed by atoms with Crippen LogP contribution in [0, 0.1) is 12.3 Å². The van der Waals surface area contributed by atoms with Crippen LogP contribution in [0.1, 0.15) is 71.9 Å². The zero-order valence-electron chi connectivity index (χ0n) is 19.2. The number of likely N-dealkylation sites (tertiary alicyclic amines) is 1. The quantitative estimate of drug-likeness (QED) is 0.802. The van der Waals surface area contributed by atoms with E-state index in [0.717, 1.165) is 24.2 Å². The van der Waals surface area contributed by atoms with Gasteiger partial charge in [0, 0.05) is 25.6 Å². The lowest BCUT2D eigenvalue weighted by Crippen LogP contribution is -2.48. The molecular formula is C24H38N2O3. The minimum absolute atomic E-state index is 0.00136. The summed E-state index contributed by atoms with van der Waals surface area (Å²) >= 11 is 0. The van der Waals surface area contributed by atoms with Crippen LogP contribution in [0.2, 0.25) is 0 Å². The van der Waals surface area contributed by atoms with Gasteiger partial charge >= 0.3 is 0 Å². The van der Waals surface area contributed by atoms with Gasteiger partial charge in [-0.3, -0.25) is 9.59 Å². The molecule has 1 saturated heterocycles. The number of benzene rings is 1. The van der Waals surface area contributed by atoms with E-state index in [-0.39, 0.29) is 35.3 Å². The topological polar surface area (TPSA) is 58.6 Å². The predicted molar refractivity (Wildman–Crippen MR) is 117 cm³/mol. The molecule has 2 rings (SSSR count). The average molecular weight is 403 g/mol. The smallest absolute Gasteiger partial charge is 0.258 e. The molecule has 1 fully saturated rings. The standard InChI is InChI=1S/C24H38N2O3/c1-17-8-9-20(19(14-17)24(5,6)7)29-16-21(27)25-18-10-12-26(13-11-18)22(28)15-23(2,3)4/h8-9,14,18H,10-13,15-16H2,1-7H3,(H,25,27). The van der Waals surface area contributed by atoms with Crippen LogP contribution in [-0.4, -0.2) is 42.5 Å². The molecule has 0 saturated carbocycles. The predicted octanol–water partition coefficient (Wildman–Crippen LogP) is 4.21. The third-order valence-electron chi connectivity index (χ3n) is 5.20. The van der Waals surface area contributed by atoms with E-state index in [1.807, 2.05) is 17.0 Å². The fraction of sp³-hybridized carbons (Fsp3) is 0.667. The molecule has 1 heterocycles. The average Bonchev–Trinajstić information content (AvgIpc) is 2.59. The maximum Gasteiger partial charge on any atom is 0.258 e. The molecule has 0 radical (unpaired) electrons. The van der Waals surface area contributed by atoms with Crippen LogP contribution in [0.25, 0.3) is 0 Å². The molecule has 5 heteroatoms. The number of hydrogen-bond acceptors (Lipinski definition) is 3. The number of nitrogens with one attached hydrogen (secondary N) is 1. The molecule has 162 valence electrons. The number of ether oxygens (including phenoxy) is 1. The molecule has 2 amide bonds. The van der Waals surface area contributed by atoms with Crippen molar-refractivity contribution in [2.24, 2.45) is 5.41 Å². The van der Waals surface area contributed by atoms with Crippen molar-refractivity contribution >= 4 is 11.8 Å². The third kappa shape index (κ3) is 7.37. The van der Waals surface area contributed by atoms with E-state index in [1.54, 1.807) is 0 Å². The number of rotatable bonds is 5. The maximum atomic E-state index is 12.4. The Morgan fingerprint density at radius 2 is 1.72 bits per heavy atom. The highest BCUT2D eigenvalue weighted by atomic mass is 16.5. The molecule has 0 atom stereocenters. The van der Waals surface area contributed by atoms with Gasteiger partial charge in [-0.05, 0) is 42.2 Å². The molecule has 0 unspecified atom stereocenters. The van der Waals surface area contributed by atoms with Gasteiger partial charge in [-0.2, -0.15) is 0 Å². The summed E-state index contributed by atoms with van der Waals surface area (Å²) in [6.45, 7) is 16.1. The Balaban J connectivity index is 1.82. The van der Waals surface area contributed by atoms with Gasteiger partial charge in [-0.15, -0.1) is 0 Å². The third-order valence-corrected chi connectivity index (χ3v) is 5.20. The SMILES string of the molecule is Cc1ccc(OCC(=O)NC2CCN(C(=O)CC(C)(C)C)CC2)c(C(C)(C)C)c1. The Hall–Kier alpha value is -2.04. The lowest BCUT2D eigenvalue weighted by Gasteiger charge is -2.34. The number of carbonyl (C=O) groups excluding carboxylic acids is 2. The van der Waals surface area contributed by atoms with Crippen LogP contribution < -0.4 is 10.1 Å². The van der Waals surface area contributed by atoms with Crippen LogP contribution in [0.5, 0.6) is 5.75 Å². The summed E-state index contributed by atoms with van der Waals surface area (Å²) in [5.74, 6) is 0.866. The molecule has 0 aliphatic carbocycles. The molecule has 29 heavy (non-hydrogen) atoms. The first kappa shape index (κ1) is 23.2. The molecule has 0 aromatic heterocycles. The molecule has 1 aliphatic rings. The lowest BCUT2D eigenvalue weighted by molar-refractivity contribution is -0.134. The number of hydrogen-bond donors (Lipinski definition) is 1. The highest BCUT2D eigenvalue weighted by molar-refractivity contribution is 5.78. The van der Waals surface area contributed by atoms with E-state index in [4.69, 9.17) is 4.74 Å². The van der Waals surface area contributed by atoms with Gasteiger partial charge in [0.05, 0.1) is 0 Å². The van der Waals surface area contributed by atoms with Gasteiger partial charge < -0.3 is 15.0 Å². The van der Waals surface area contributed by atoms with Crippen molar-refractivity contribution in [2.45, 2.75) is 79.2 Å². The Labute approximate surface area is 176 Å². The maximum absolute atomic E-state index is 12.4. The highest BCUT2D eigenvalue weighted by Crippen LogP contribution is 2.32. The first-order valence-electron chi connectivity index (χ1n) is 10.7. The van der Waals surface area contributed by atoms with Crippen molar-refractivity contribution in [3.8, 4) is 5.75 Å². The zero-order chi connectivity index (χ0) is 21.8. The summed E-state index contributed by atoms with van der Waals surface area (Å²) in [7, 11) is 0. The molecule has 1 aliphatic heterocycles. The molecule has 5 nitrogen and oxygen atoms in total. The second-order valence-corrected chi connectivity index (χ2v) is 10.5. The fourth-order valence-corrected chi connectivity index (χ4v) is 3.61. The van der Waals surface area contributed by atoms with Gasteiger partial charge in [0.2, 0.25) is 5.91 Å². The Kier molecular flexibility index (Phi) is 7.36. The Bertz CT molecular complexity index is 721. The lowest BCUT2D eigenvalue weighted by atomic mass is 9.85. The van der Waals surface area contributed by atoms with E-state index >= 15 is 0 Å². The second kappa shape index (κ2) is 9.19.